The van der Waals surface area contributed by atoms with Crippen LogP contribution in [0.3, 0.4) is 0 Å². The first kappa shape index (κ1) is 16.2. The van der Waals surface area contributed by atoms with E-state index in [9.17, 15) is 14.7 Å². The third-order valence-corrected chi connectivity index (χ3v) is 3.96. The Morgan fingerprint density at radius 1 is 1.27 bits per heavy atom. The summed E-state index contributed by atoms with van der Waals surface area (Å²) in [4.78, 5) is 25.6. The minimum absolute atomic E-state index is 0.0371. The van der Waals surface area contributed by atoms with Crippen LogP contribution in [0.1, 0.15) is 42.3 Å². The Morgan fingerprint density at radius 2 is 1.91 bits per heavy atom. The fourth-order valence-electron chi connectivity index (χ4n) is 2.54. The molecule has 5 heteroatoms. The molecular weight excluding hydrogens is 282 g/mol. The van der Waals surface area contributed by atoms with E-state index in [2.05, 4.69) is 4.90 Å². The average Bonchev–Trinajstić information content (AvgIpc) is 2.46. The van der Waals surface area contributed by atoms with Crippen molar-refractivity contribution < 1.29 is 14.3 Å². The van der Waals surface area contributed by atoms with Crippen molar-refractivity contribution in [2.24, 2.45) is 0 Å². The van der Waals surface area contributed by atoms with Crippen molar-refractivity contribution in [2.75, 3.05) is 13.1 Å². The summed E-state index contributed by atoms with van der Waals surface area (Å²) in [6, 6.07) is 3.20. The molecule has 0 spiro atoms. The molecule has 0 saturated heterocycles. The summed E-state index contributed by atoms with van der Waals surface area (Å²) < 4.78 is 5.37. The molecule has 1 aromatic heterocycles. The number of phenolic OH excluding ortho intramolecular Hbond substituents is 1. The number of rotatable bonds is 5. The summed E-state index contributed by atoms with van der Waals surface area (Å²) in [5, 5.41) is 10.9. The lowest BCUT2D eigenvalue weighted by molar-refractivity contribution is 0.101. The van der Waals surface area contributed by atoms with Crippen LogP contribution < -0.4 is 5.63 Å². The number of carbonyl (C=O) groups excluding carboxylic acids is 1. The zero-order valence-electron chi connectivity index (χ0n) is 13.4. The Morgan fingerprint density at radius 3 is 2.45 bits per heavy atom. The molecule has 1 aromatic carbocycles. The molecule has 1 heterocycles. The first-order chi connectivity index (χ1) is 10.4. The van der Waals surface area contributed by atoms with E-state index in [0.717, 1.165) is 18.7 Å². The minimum atomic E-state index is -0.661. The Labute approximate surface area is 129 Å². The van der Waals surface area contributed by atoms with Gasteiger partial charge in [0.25, 0.3) is 0 Å². The van der Waals surface area contributed by atoms with Gasteiger partial charge in [-0.05, 0) is 44.6 Å². The van der Waals surface area contributed by atoms with E-state index < -0.39 is 5.63 Å². The summed E-state index contributed by atoms with van der Waals surface area (Å²) in [6.45, 7) is 9.33. The number of phenols is 1. The normalized spacial score (nSPS) is 11.3. The maximum absolute atomic E-state index is 12.0. The molecule has 1 N–H and O–H groups in total. The maximum Gasteiger partial charge on any atom is 0.347 e. The summed E-state index contributed by atoms with van der Waals surface area (Å²) in [5.41, 5.74) is 1.08. The SMILES string of the molecule is CCN(CC)Cc1c(O)cc(C)c2cc(C(C)=O)c(=O)oc12. The van der Waals surface area contributed by atoms with E-state index in [1.54, 1.807) is 12.1 Å². The second-order valence-corrected chi connectivity index (χ2v) is 5.40. The fourth-order valence-corrected chi connectivity index (χ4v) is 2.54. The molecule has 118 valence electrons. The van der Waals surface area contributed by atoms with E-state index >= 15 is 0 Å². The van der Waals surface area contributed by atoms with Crippen molar-refractivity contribution in [2.45, 2.75) is 34.2 Å². The largest absolute Gasteiger partial charge is 0.507 e. The van der Waals surface area contributed by atoms with Crippen molar-refractivity contribution >= 4 is 16.8 Å². The molecule has 2 rings (SSSR count). The van der Waals surface area contributed by atoms with Crippen molar-refractivity contribution in [1.29, 1.82) is 0 Å². The molecule has 0 aliphatic carbocycles. The molecule has 5 nitrogen and oxygen atoms in total. The van der Waals surface area contributed by atoms with Crippen LogP contribution in [0.2, 0.25) is 0 Å². The monoisotopic (exact) mass is 303 g/mol. The number of aryl methyl sites for hydroxylation is 1. The molecule has 0 bridgehead atoms. The standard InChI is InChI=1S/C17H21NO4/c1-5-18(6-2)9-14-15(20)7-10(3)12-8-13(11(4)19)17(21)22-16(12)14/h7-8,20H,5-6,9H2,1-4H3. The van der Waals surface area contributed by atoms with Gasteiger partial charge in [-0.1, -0.05) is 13.8 Å². The molecule has 0 aliphatic rings. The summed E-state index contributed by atoms with van der Waals surface area (Å²) in [5.74, 6) is -0.218. The molecule has 0 fully saturated rings. The summed E-state index contributed by atoms with van der Waals surface area (Å²) >= 11 is 0. The number of hydrogen-bond donors (Lipinski definition) is 1. The number of fused-ring (bicyclic) bond motifs is 1. The lowest BCUT2D eigenvalue weighted by Gasteiger charge is -2.20. The van der Waals surface area contributed by atoms with Crippen molar-refractivity contribution in [1.82, 2.24) is 4.90 Å². The first-order valence-electron chi connectivity index (χ1n) is 7.41. The highest BCUT2D eigenvalue weighted by Crippen LogP contribution is 2.31. The Bertz CT molecular complexity index is 772. The van der Waals surface area contributed by atoms with E-state index in [-0.39, 0.29) is 17.1 Å². The number of carbonyl (C=O) groups is 1. The third-order valence-electron chi connectivity index (χ3n) is 3.96. The van der Waals surface area contributed by atoms with Crippen LogP contribution in [0.15, 0.2) is 21.3 Å². The highest BCUT2D eigenvalue weighted by atomic mass is 16.4. The van der Waals surface area contributed by atoms with E-state index in [0.29, 0.717) is 23.1 Å². The van der Waals surface area contributed by atoms with E-state index in [1.807, 2.05) is 20.8 Å². The van der Waals surface area contributed by atoms with Gasteiger partial charge in [0.05, 0.1) is 5.56 Å². The number of ketones is 1. The fraction of sp³-hybridized carbons (Fsp3) is 0.412. The average molecular weight is 303 g/mol. The van der Waals surface area contributed by atoms with Gasteiger partial charge in [-0.15, -0.1) is 0 Å². The molecule has 0 saturated carbocycles. The van der Waals surface area contributed by atoms with Crippen molar-refractivity contribution in [3.63, 3.8) is 0 Å². The van der Waals surface area contributed by atoms with Gasteiger partial charge in [-0.25, -0.2) is 4.79 Å². The lowest BCUT2D eigenvalue weighted by atomic mass is 10.0. The van der Waals surface area contributed by atoms with Crippen LogP contribution in [-0.2, 0) is 6.54 Å². The van der Waals surface area contributed by atoms with Gasteiger partial charge in [0.2, 0.25) is 0 Å². The number of nitrogens with zero attached hydrogens (tertiary/aromatic N) is 1. The zero-order chi connectivity index (χ0) is 16.4. The van der Waals surface area contributed by atoms with E-state index in [1.165, 1.54) is 6.92 Å². The van der Waals surface area contributed by atoms with Gasteiger partial charge in [0.15, 0.2) is 5.78 Å². The highest BCUT2D eigenvalue weighted by Gasteiger charge is 2.18. The van der Waals surface area contributed by atoms with Crippen LogP contribution >= 0.6 is 0 Å². The molecular formula is C17H21NO4. The van der Waals surface area contributed by atoms with Crippen LogP contribution in [0.5, 0.6) is 5.75 Å². The molecule has 0 aliphatic heterocycles. The van der Waals surface area contributed by atoms with Gasteiger partial charge >= 0.3 is 5.63 Å². The highest BCUT2D eigenvalue weighted by molar-refractivity contribution is 5.97. The first-order valence-corrected chi connectivity index (χ1v) is 7.41. The minimum Gasteiger partial charge on any atom is -0.507 e. The van der Waals surface area contributed by atoms with Gasteiger partial charge < -0.3 is 9.52 Å². The van der Waals surface area contributed by atoms with Crippen LogP contribution in [-0.4, -0.2) is 28.9 Å². The van der Waals surface area contributed by atoms with Crippen LogP contribution in [0, 0.1) is 6.92 Å². The third kappa shape index (κ3) is 2.90. The van der Waals surface area contributed by atoms with Crippen molar-refractivity contribution in [3.05, 3.63) is 39.2 Å². The Balaban J connectivity index is 2.74. The quantitative estimate of drug-likeness (QED) is 0.679. The molecule has 0 radical (unpaired) electrons. The lowest BCUT2D eigenvalue weighted by Crippen LogP contribution is -2.22. The number of Topliss-reactive ketones (excluding diaryl/α,β-unsaturated/α-hetero) is 1. The van der Waals surface area contributed by atoms with Crippen LogP contribution in [0.4, 0.5) is 0 Å². The molecule has 0 atom stereocenters. The molecule has 0 unspecified atom stereocenters. The van der Waals surface area contributed by atoms with Gasteiger partial charge in [-0.2, -0.15) is 0 Å². The second kappa shape index (κ2) is 6.32. The molecule has 0 amide bonds. The summed E-state index contributed by atoms with van der Waals surface area (Å²) in [7, 11) is 0. The van der Waals surface area contributed by atoms with Gasteiger partial charge in [-0.3, -0.25) is 9.69 Å². The number of hydrogen-bond acceptors (Lipinski definition) is 5. The Kier molecular flexibility index (Phi) is 4.66. The van der Waals surface area contributed by atoms with E-state index in [4.69, 9.17) is 4.42 Å². The van der Waals surface area contributed by atoms with Crippen LogP contribution in [0.25, 0.3) is 11.0 Å². The zero-order valence-corrected chi connectivity index (χ0v) is 13.4. The second-order valence-electron chi connectivity index (χ2n) is 5.40. The smallest absolute Gasteiger partial charge is 0.347 e. The Hall–Kier alpha value is -2.14. The predicted molar refractivity (Wildman–Crippen MR) is 85.5 cm³/mol. The maximum atomic E-state index is 12.0. The topological polar surface area (TPSA) is 70.8 Å². The van der Waals surface area contributed by atoms with Crippen molar-refractivity contribution in [3.8, 4) is 5.75 Å². The number of benzene rings is 1. The van der Waals surface area contributed by atoms with Gasteiger partial charge in [0.1, 0.15) is 16.9 Å². The number of aromatic hydroxyl groups is 1. The molecule has 22 heavy (non-hydrogen) atoms. The predicted octanol–water partition coefficient (Wildman–Crippen LogP) is 2.85. The molecule has 2 aromatic rings. The van der Waals surface area contributed by atoms with Gasteiger partial charge in [0, 0.05) is 11.9 Å². The summed E-state index contributed by atoms with van der Waals surface area (Å²) in [6.07, 6.45) is 0.